The predicted octanol–water partition coefficient (Wildman–Crippen LogP) is 3.06. The van der Waals surface area contributed by atoms with E-state index in [-0.39, 0.29) is 10.7 Å². The van der Waals surface area contributed by atoms with Gasteiger partial charge >= 0.3 is 0 Å². The minimum atomic E-state index is -0.553. The van der Waals surface area contributed by atoms with Gasteiger partial charge < -0.3 is 4.57 Å². The number of para-hydroxylation sites is 2. The maximum Gasteiger partial charge on any atom is 0.270 e. The van der Waals surface area contributed by atoms with Crippen molar-refractivity contribution >= 4 is 63.5 Å². The second kappa shape index (κ2) is 6.61. The van der Waals surface area contributed by atoms with E-state index in [4.69, 9.17) is 23.8 Å². The highest BCUT2D eigenvalue weighted by Gasteiger charge is 2.34. The van der Waals surface area contributed by atoms with E-state index in [0.29, 0.717) is 16.5 Å². The molecule has 0 atom stereocenters. The molecule has 27 heavy (non-hydrogen) atoms. The molecule has 8 heteroatoms. The highest BCUT2D eigenvalue weighted by atomic mass is 35.5. The monoisotopic (exact) mass is 396 g/mol. The van der Waals surface area contributed by atoms with E-state index in [9.17, 15) is 9.59 Å². The number of hydrogen-bond donors (Lipinski definition) is 1. The first-order valence-corrected chi connectivity index (χ1v) is 8.83. The second-order valence-corrected chi connectivity index (χ2v) is 6.78. The lowest BCUT2D eigenvalue weighted by molar-refractivity contribution is -0.122. The topological polar surface area (TPSA) is 67.2 Å². The van der Waals surface area contributed by atoms with Crippen LogP contribution >= 0.6 is 23.8 Å². The van der Waals surface area contributed by atoms with Crippen molar-refractivity contribution < 1.29 is 9.59 Å². The van der Waals surface area contributed by atoms with Crippen LogP contribution in [0.25, 0.3) is 17.1 Å². The lowest BCUT2D eigenvalue weighted by Gasteiger charge is -2.28. The lowest BCUT2D eigenvalue weighted by Crippen LogP contribution is -2.54. The number of nitrogens with zero attached hydrogens (tertiary/aromatic N) is 3. The van der Waals surface area contributed by atoms with Crippen molar-refractivity contribution in [1.82, 2.24) is 14.9 Å². The molecule has 2 aromatic carbocycles. The normalized spacial score (nSPS) is 16.3. The van der Waals surface area contributed by atoms with E-state index in [1.165, 1.54) is 11.0 Å². The summed E-state index contributed by atoms with van der Waals surface area (Å²) in [6, 6.07) is 14.2. The van der Waals surface area contributed by atoms with E-state index < -0.39 is 11.8 Å². The summed E-state index contributed by atoms with van der Waals surface area (Å²) in [4.78, 5) is 31.2. The summed E-state index contributed by atoms with van der Waals surface area (Å²) in [5, 5.41) is 3.11. The number of aromatic nitrogens is 2. The molecule has 6 nitrogen and oxygen atoms in total. The molecular weight excluding hydrogens is 384 g/mol. The van der Waals surface area contributed by atoms with E-state index in [2.05, 4.69) is 10.3 Å². The Labute approximate surface area is 165 Å². The third-order valence-corrected chi connectivity index (χ3v) is 4.82. The number of anilines is 1. The zero-order valence-electron chi connectivity index (χ0n) is 14.1. The smallest absolute Gasteiger partial charge is 0.270 e. The van der Waals surface area contributed by atoms with Crippen LogP contribution in [0.5, 0.6) is 0 Å². The Morgan fingerprint density at radius 2 is 1.81 bits per heavy atom. The van der Waals surface area contributed by atoms with Crippen molar-refractivity contribution in [3.63, 3.8) is 0 Å². The van der Waals surface area contributed by atoms with Gasteiger partial charge in [0.25, 0.3) is 11.8 Å². The first-order valence-electron chi connectivity index (χ1n) is 8.04. The molecule has 1 aromatic heterocycles. The summed E-state index contributed by atoms with van der Waals surface area (Å²) < 4.78 is 1.82. The van der Waals surface area contributed by atoms with E-state index in [1.807, 2.05) is 35.9 Å². The molecule has 0 bridgehead atoms. The van der Waals surface area contributed by atoms with E-state index in [0.717, 1.165) is 11.0 Å². The predicted molar refractivity (Wildman–Crippen MR) is 108 cm³/mol. The molecule has 1 N–H and O–H groups in total. The Morgan fingerprint density at radius 3 is 2.52 bits per heavy atom. The standard InChI is InChI=1S/C19H13ClN4O2S/c1-23-15-5-3-2-4-14(15)21-16(23)10-13-17(25)22-19(27)24(18(13)26)12-8-6-11(20)7-9-12/h2-10H,1H3,(H,22,25,27). The number of hydrogen-bond acceptors (Lipinski definition) is 4. The van der Waals surface area contributed by atoms with Crippen molar-refractivity contribution in [2.75, 3.05) is 4.90 Å². The van der Waals surface area contributed by atoms with Gasteiger partial charge in [-0.2, -0.15) is 0 Å². The molecule has 2 heterocycles. The third kappa shape index (κ3) is 3.01. The van der Waals surface area contributed by atoms with Crippen molar-refractivity contribution in [2.24, 2.45) is 7.05 Å². The second-order valence-electron chi connectivity index (χ2n) is 5.95. The SMILES string of the molecule is Cn1c(C=C2C(=O)NC(=S)N(c3ccc(Cl)cc3)C2=O)nc2ccccc21. The van der Waals surface area contributed by atoms with Gasteiger partial charge in [0.1, 0.15) is 11.4 Å². The number of amides is 2. The third-order valence-electron chi connectivity index (χ3n) is 4.28. The Morgan fingerprint density at radius 1 is 1.11 bits per heavy atom. The number of fused-ring (bicyclic) bond motifs is 1. The highest BCUT2D eigenvalue weighted by molar-refractivity contribution is 7.80. The Balaban J connectivity index is 1.78. The van der Waals surface area contributed by atoms with E-state index in [1.54, 1.807) is 24.3 Å². The van der Waals surface area contributed by atoms with Crippen LogP contribution in [0.2, 0.25) is 5.02 Å². The van der Waals surface area contributed by atoms with Crippen LogP contribution in [0.15, 0.2) is 54.1 Å². The van der Waals surface area contributed by atoms with Crippen LogP contribution in [0.1, 0.15) is 5.82 Å². The van der Waals surface area contributed by atoms with Gasteiger partial charge in [-0.05, 0) is 54.7 Å². The minimum Gasteiger partial charge on any atom is -0.328 e. The molecule has 0 radical (unpaired) electrons. The van der Waals surface area contributed by atoms with Gasteiger partial charge in [-0.15, -0.1) is 0 Å². The molecule has 0 spiro atoms. The molecule has 1 aliphatic rings. The number of halogens is 1. The van der Waals surface area contributed by atoms with Crippen LogP contribution in [0.3, 0.4) is 0 Å². The fourth-order valence-electron chi connectivity index (χ4n) is 2.90. The molecule has 134 valence electrons. The lowest BCUT2D eigenvalue weighted by atomic mass is 10.1. The van der Waals surface area contributed by atoms with Gasteiger partial charge in [-0.1, -0.05) is 23.7 Å². The average Bonchev–Trinajstić information content (AvgIpc) is 2.96. The van der Waals surface area contributed by atoms with Gasteiger partial charge in [0.05, 0.1) is 16.7 Å². The summed E-state index contributed by atoms with van der Waals surface area (Å²) >= 11 is 11.1. The van der Waals surface area contributed by atoms with Crippen molar-refractivity contribution in [3.8, 4) is 0 Å². The molecule has 0 saturated carbocycles. The molecule has 0 aliphatic carbocycles. The number of benzene rings is 2. The summed E-state index contributed by atoms with van der Waals surface area (Å²) in [6.07, 6.45) is 1.47. The summed E-state index contributed by atoms with van der Waals surface area (Å²) in [5.41, 5.74) is 2.15. The van der Waals surface area contributed by atoms with Gasteiger partial charge in [0.2, 0.25) is 0 Å². The first-order chi connectivity index (χ1) is 13.0. The maximum atomic E-state index is 13.0. The number of carbonyl (C=O) groups is 2. The zero-order chi connectivity index (χ0) is 19.1. The van der Waals surface area contributed by atoms with Crippen LogP contribution in [0.4, 0.5) is 5.69 Å². The first kappa shape index (κ1) is 17.4. The molecule has 3 aromatic rings. The molecule has 4 rings (SSSR count). The Hall–Kier alpha value is -3.03. The molecule has 0 unspecified atom stereocenters. The minimum absolute atomic E-state index is 0.0227. The van der Waals surface area contributed by atoms with Gasteiger partial charge in [-0.25, -0.2) is 4.98 Å². The molecule has 1 fully saturated rings. The highest BCUT2D eigenvalue weighted by Crippen LogP contribution is 2.24. The molecule has 2 amide bonds. The van der Waals surface area contributed by atoms with Crippen LogP contribution in [-0.2, 0) is 16.6 Å². The fourth-order valence-corrected chi connectivity index (χ4v) is 3.31. The number of nitrogens with one attached hydrogen (secondary N) is 1. The zero-order valence-corrected chi connectivity index (χ0v) is 15.7. The number of aryl methyl sites for hydroxylation is 1. The quantitative estimate of drug-likeness (QED) is 0.410. The number of thiocarbonyl (C=S) groups is 1. The van der Waals surface area contributed by atoms with Crippen molar-refractivity contribution in [2.45, 2.75) is 0 Å². The Bertz CT molecular complexity index is 1130. The summed E-state index contributed by atoms with van der Waals surface area (Å²) in [6.45, 7) is 0. The summed E-state index contributed by atoms with van der Waals surface area (Å²) in [5.74, 6) is -0.570. The molecular formula is C19H13ClN4O2S. The summed E-state index contributed by atoms with van der Waals surface area (Å²) in [7, 11) is 1.83. The number of carbonyl (C=O) groups excluding carboxylic acids is 2. The number of rotatable bonds is 2. The van der Waals surface area contributed by atoms with Crippen LogP contribution in [-0.4, -0.2) is 26.5 Å². The van der Waals surface area contributed by atoms with Gasteiger partial charge in [-0.3, -0.25) is 19.8 Å². The van der Waals surface area contributed by atoms with Crippen molar-refractivity contribution in [3.05, 3.63) is 65.0 Å². The largest absolute Gasteiger partial charge is 0.328 e. The van der Waals surface area contributed by atoms with Crippen molar-refractivity contribution in [1.29, 1.82) is 0 Å². The Kier molecular flexibility index (Phi) is 4.25. The van der Waals surface area contributed by atoms with Crippen LogP contribution in [0, 0.1) is 0 Å². The maximum absolute atomic E-state index is 13.0. The average molecular weight is 397 g/mol. The van der Waals surface area contributed by atoms with Crippen LogP contribution < -0.4 is 10.2 Å². The molecule has 1 saturated heterocycles. The van der Waals surface area contributed by atoms with Gasteiger partial charge in [0, 0.05) is 12.1 Å². The van der Waals surface area contributed by atoms with Gasteiger partial charge in [0.15, 0.2) is 5.11 Å². The van der Waals surface area contributed by atoms with E-state index >= 15 is 0 Å². The molecule has 1 aliphatic heterocycles. The number of imidazole rings is 1. The fraction of sp³-hybridized carbons (Fsp3) is 0.0526.